The molecule has 0 aliphatic heterocycles. The summed E-state index contributed by atoms with van der Waals surface area (Å²) < 4.78 is 3.61. The Bertz CT molecular complexity index is 1530. The van der Waals surface area contributed by atoms with Crippen molar-refractivity contribution in [1.29, 1.82) is 0 Å². The van der Waals surface area contributed by atoms with Gasteiger partial charge in [0.25, 0.3) is 0 Å². The minimum Gasteiger partial charge on any atom is -0.275 e. The fourth-order valence-electron chi connectivity index (χ4n) is 3.58. The SMILES string of the molecule is CC.Cn1cc(-c2cnc3ccc(Cc4nnc5sc(-c6cccnc6)nn45)cc3c2)cn1. The van der Waals surface area contributed by atoms with E-state index in [0.29, 0.717) is 6.42 Å². The van der Waals surface area contributed by atoms with E-state index in [1.807, 2.05) is 68.4 Å². The summed E-state index contributed by atoms with van der Waals surface area (Å²) in [5.74, 6) is 0.803. The second-order valence-corrected chi connectivity index (χ2v) is 8.25. The Morgan fingerprint density at radius 3 is 2.64 bits per heavy atom. The van der Waals surface area contributed by atoms with Crippen LogP contribution >= 0.6 is 11.3 Å². The Hall–Kier alpha value is -3.98. The first kappa shape index (κ1) is 20.9. The molecular weight excluding hydrogens is 432 g/mol. The maximum Gasteiger partial charge on any atom is 0.234 e. The van der Waals surface area contributed by atoms with E-state index in [9.17, 15) is 0 Å². The van der Waals surface area contributed by atoms with Gasteiger partial charge in [0.15, 0.2) is 5.82 Å². The van der Waals surface area contributed by atoms with Crippen LogP contribution < -0.4 is 0 Å². The molecule has 5 heterocycles. The molecule has 6 rings (SSSR count). The average Bonchev–Trinajstić information content (AvgIpc) is 3.58. The van der Waals surface area contributed by atoms with E-state index >= 15 is 0 Å². The number of aromatic nitrogens is 8. The Balaban J connectivity index is 0.00000111. The fourth-order valence-corrected chi connectivity index (χ4v) is 4.42. The van der Waals surface area contributed by atoms with E-state index in [-0.39, 0.29) is 0 Å². The standard InChI is InChI=1S/C22H16N8S.C2H6/c1-29-13-18(12-25-29)17-9-16-7-14(4-5-19(16)24-11-17)8-20-26-27-22-30(20)28-21(31-22)15-3-2-6-23-10-15;1-2/h2-7,9-13H,8H2,1H3;1-2H3. The molecule has 0 spiro atoms. The molecule has 9 heteroatoms. The van der Waals surface area contributed by atoms with Gasteiger partial charge in [0, 0.05) is 60.3 Å². The first-order valence-corrected chi connectivity index (χ1v) is 11.5. The van der Waals surface area contributed by atoms with Crippen molar-refractivity contribution in [2.45, 2.75) is 20.3 Å². The Labute approximate surface area is 194 Å². The Morgan fingerprint density at radius 2 is 1.85 bits per heavy atom. The number of aryl methyl sites for hydroxylation is 1. The third-order valence-corrected chi connectivity index (χ3v) is 6.06. The number of hydrogen-bond donors (Lipinski definition) is 0. The predicted molar refractivity (Wildman–Crippen MR) is 130 cm³/mol. The second-order valence-electron chi connectivity index (χ2n) is 7.29. The van der Waals surface area contributed by atoms with E-state index in [1.165, 1.54) is 11.3 Å². The van der Waals surface area contributed by atoms with Crippen molar-refractivity contribution in [2.75, 3.05) is 0 Å². The first-order valence-electron chi connectivity index (χ1n) is 10.7. The molecule has 0 aliphatic carbocycles. The highest BCUT2D eigenvalue weighted by molar-refractivity contribution is 7.19. The lowest BCUT2D eigenvalue weighted by Crippen LogP contribution is -1.98. The number of benzene rings is 1. The highest BCUT2D eigenvalue weighted by atomic mass is 32.1. The van der Waals surface area contributed by atoms with Gasteiger partial charge in [-0.2, -0.15) is 14.7 Å². The Kier molecular flexibility index (Phi) is 5.62. The normalized spacial score (nSPS) is 11.0. The van der Waals surface area contributed by atoms with Crippen molar-refractivity contribution in [3.8, 4) is 21.7 Å². The maximum absolute atomic E-state index is 4.71. The molecule has 0 N–H and O–H groups in total. The number of nitrogens with zero attached hydrogens (tertiary/aromatic N) is 8. The summed E-state index contributed by atoms with van der Waals surface area (Å²) in [7, 11) is 1.91. The molecule has 0 unspecified atom stereocenters. The first-order chi connectivity index (χ1) is 16.2. The van der Waals surface area contributed by atoms with Crippen LogP contribution in [-0.4, -0.2) is 39.6 Å². The molecule has 0 saturated carbocycles. The summed E-state index contributed by atoms with van der Waals surface area (Å²) in [6, 6.07) is 12.3. The fraction of sp³-hybridized carbons (Fsp3) is 0.167. The maximum atomic E-state index is 4.71. The molecule has 1 aromatic carbocycles. The van der Waals surface area contributed by atoms with Gasteiger partial charge in [-0.3, -0.25) is 14.6 Å². The molecule has 0 amide bonds. The van der Waals surface area contributed by atoms with Crippen molar-refractivity contribution in [3.63, 3.8) is 0 Å². The molecule has 0 aliphatic rings. The van der Waals surface area contributed by atoms with E-state index in [2.05, 4.69) is 43.5 Å². The molecule has 33 heavy (non-hydrogen) atoms. The van der Waals surface area contributed by atoms with E-state index < -0.39 is 0 Å². The van der Waals surface area contributed by atoms with Gasteiger partial charge in [-0.15, -0.1) is 10.2 Å². The number of hydrogen-bond acceptors (Lipinski definition) is 7. The monoisotopic (exact) mass is 454 g/mol. The molecule has 5 aromatic heterocycles. The van der Waals surface area contributed by atoms with Crippen LogP contribution in [-0.2, 0) is 13.5 Å². The van der Waals surface area contributed by atoms with E-state index in [1.54, 1.807) is 10.9 Å². The van der Waals surface area contributed by atoms with Crippen LogP contribution in [0.2, 0.25) is 0 Å². The molecule has 0 radical (unpaired) electrons. The zero-order valence-corrected chi connectivity index (χ0v) is 19.4. The molecule has 6 aromatic rings. The molecule has 8 nitrogen and oxygen atoms in total. The summed E-state index contributed by atoms with van der Waals surface area (Å²) in [6.45, 7) is 4.00. The summed E-state index contributed by atoms with van der Waals surface area (Å²) in [6.07, 6.45) is 9.91. The van der Waals surface area contributed by atoms with E-state index in [0.717, 1.165) is 48.9 Å². The third kappa shape index (κ3) is 4.10. The van der Waals surface area contributed by atoms with Crippen molar-refractivity contribution in [3.05, 3.63) is 78.8 Å². The number of fused-ring (bicyclic) bond motifs is 2. The lowest BCUT2D eigenvalue weighted by molar-refractivity contribution is 0.768. The van der Waals surface area contributed by atoms with Crippen molar-refractivity contribution in [2.24, 2.45) is 7.05 Å². The molecule has 164 valence electrons. The van der Waals surface area contributed by atoms with Crippen LogP contribution in [0.25, 0.3) is 37.6 Å². The molecule has 0 saturated heterocycles. The topological polar surface area (TPSA) is 86.7 Å². The smallest absolute Gasteiger partial charge is 0.234 e. The number of pyridine rings is 2. The highest BCUT2D eigenvalue weighted by Gasteiger charge is 2.14. The lowest BCUT2D eigenvalue weighted by Gasteiger charge is -2.04. The van der Waals surface area contributed by atoms with Gasteiger partial charge >= 0.3 is 0 Å². The predicted octanol–water partition coefficient (Wildman–Crippen LogP) is 4.81. The lowest BCUT2D eigenvalue weighted by atomic mass is 10.0. The Morgan fingerprint density at radius 1 is 0.939 bits per heavy atom. The second kappa shape index (κ2) is 8.87. The summed E-state index contributed by atoms with van der Waals surface area (Å²) in [5, 5.41) is 19.6. The average molecular weight is 455 g/mol. The largest absolute Gasteiger partial charge is 0.275 e. The van der Waals surface area contributed by atoms with Gasteiger partial charge in [-0.05, 0) is 35.9 Å². The summed E-state index contributed by atoms with van der Waals surface area (Å²) >= 11 is 1.51. The van der Waals surface area contributed by atoms with E-state index in [4.69, 9.17) is 5.10 Å². The minimum atomic E-state index is 0.629. The van der Waals surface area contributed by atoms with Gasteiger partial charge in [0.05, 0.1) is 11.7 Å². The van der Waals surface area contributed by atoms with Gasteiger partial charge in [0.1, 0.15) is 5.01 Å². The quantitative estimate of drug-likeness (QED) is 0.380. The number of rotatable bonds is 4. The van der Waals surface area contributed by atoms with Gasteiger partial charge in [-0.25, -0.2) is 0 Å². The zero-order valence-electron chi connectivity index (χ0n) is 18.5. The molecular formula is C24H22N8S. The molecule has 0 atom stereocenters. The molecule has 0 bridgehead atoms. The van der Waals surface area contributed by atoms with Gasteiger partial charge in [0.2, 0.25) is 4.96 Å². The van der Waals surface area contributed by atoms with Crippen LogP contribution in [0, 0.1) is 0 Å². The minimum absolute atomic E-state index is 0.629. The van der Waals surface area contributed by atoms with Crippen molar-refractivity contribution < 1.29 is 0 Å². The molecule has 0 fully saturated rings. The van der Waals surface area contributed by atoms with Crippen LogP contribution in [0.15, 0.2) is 67.4 Å². The highest BCUT2D eigenvalue weighted by Crippen LogP contribution is 2.26. The zero-order chi connectivity index (χ0) is 22.8. The third-order valence-electron chi connectivity index (χ3n) is 5.11. The van der Waals surface area contributed by atoms with Crippen LogP contribution in [0.3, 0.4) is 0 Å². The van der Waals surface area contributed by atoms with Crippen molar-refractivity contribution in [1.82, 2.24) is 39.6 Å². The van der Waals surface area contributed by atoms with Crippen LogP contribution in [0.4, 0.5) is 0 Å². The van der Waals surface area contributed by atoms with Crippen molar-refractivity contribution >= 4 is 27.2 Å². The van der Waals surface area contributed by atoms with Gasteiger partial charge < -0.3 is 0 Å². The van der Waals surface area contributed by atoms with Crippen LogP contribution in [0.5, 0.6) is 0 Å². The van der Waals surface area contributed by atoms with Gasteiger partial charge in [-0.1, -0.05) is 31.3 Å². The summed E-state index contributed by atoms with van der Waals surface area (Å²) in [5.41, 5.74) is 5.15. The van der Waals surface area contributed by atoms with Crippen LogP contribution in [0.1, 0.15) is 25.2 Å². The summed E-state index contributed by atoms with van der Waals surface area (Å²) in [4.78, 5) is 9.55.